The minimum atomic E-state index is -0.0984. The van der Waals surface area contributed by atoms with Crippen molar-refractivity contribution in [2.45, 2.75) is 51.4 Å². The van der Waals surface area contributed by atoms with Crippen LogP contribution in [-0.4, -0.2) is 49.0 Å². The van der Waals surface area contributed by atoms with E-state index in [1.165, 1.54) is 18.2 Å². The molecule has 0 spiro atoms. The van der Waals surface area contributed by atoms with Gasteiger partial charge in [-0.1, -0.05) is 17.8 Å². The number of hydrogen-bond acceptors (Lipinski definition) is 6. The third-order valence-corrected chi connectivity index (χ3v) is 7.03. The average molecular weight is 432 g/mol. The molecule has 1 fully saturated rings. The Balaban J connectivity index is 1.69. The van der Waals surface area contributed by atoms with E-state index in [0.29, 0.717) is 35.0 Å². The molecule has 0 saturated carbocycles. The number of thiophene rings is 1. The first-order chi connectivity index (χ1) is 14.1. The van der Waals surface area contributed by atoms with Gasteiger partial charge in [-0.25, -0.2) is 4.98 Å². The lowest BCUT2D eigenvalue weighted by Gasteiger charge is -2.26. The maximum absolute atomic E-state index is 13.4. The van der Waals surface area contributed by atoms with Gasteiger partial charge < -0.3 is 4.90 Å². The number of aryl methyl sites for hydroxylation is 2. The van der Waals surface area contributed by atoms with Gasteiger partial charge in [0, 0.05) is 24.5 Å². The number of piperidine rings is 1. The van der Waals surface area contributed by atoms with Crippen molar-refractivity contribution in [3.05, 3.63) is 38.4 Å². The summed E-state index contributed by atoms with van der Waals surface area (Å²) in [5, 5.41) is 7.06. The molecule has 154 valence electrons. The molecule has 9 heteroatoms. The van der Waals surface area contributed by atoms with E-state index in [1.54, 1.807) is 20.6 Å². The van der Waals surface area contributed by atoms with Gasteiger partial charge in [0.1, 0.15) is 5.52 Å². The van der Waals surface area contributed by atoms with Crippen LogP contribution in [0.5, 0.6) is 0 Å². The number of likely N-dealkylation sites (tertiary alicyclic amines) is 1. The minimum Gasteiger partial charge on any atom is -0.342 e. The highest BCUT2D eigenvalue weighted by Gasteiger charge is 2.21. The van der Waals surface area contributed by atoms with Crippen molar-refractivity contribution in [2.24, 2.45) is 0 Å². The number of thioether (sulfide) groups is 1. The third kappa shape index (κ3) is 4.11. The predicted octanol–water partition coefficient (Wildman–Crippen LogP) is 3.14. The van der Waals surface area contributed by atoms with Gasteiger partial charge in [-0.15, -0.1) is 11.3 Å². The summed E-state index contributed by atoms with van der Waals surface area (Å²) in [6, 6.07) is 3.99. The minimum absolute atomic E-state index is 0.0984. The molecule has 1 amide bonds. The number of fused-ring (bicyclic) bond motifs is 1. The number of hydrogen-bond donors (Lipinski definition) is 0. The van der Waals surface area contributed by atoms with Gasteiger partial charge in [0.05, 0.1) is 18.0 Å². The fraction of sp³-hybridized carbons (Fsp3) is 0.500. The van der Waals surface area contributed by atoms with Crippen molar-refractivity contribution < 1.29 is 4.79 Å². The Kier molecular flexibility index (Phi) is 6.05. The molecular formula is C20H25N5O2S2. The molecule has 0 bridgehead atoms. The quantitative estimate of drug-likeness (QED) is 0.443. The second-order valence-electron chi connectivity index (χ2n) is 7.19. The first-order valence-electron chi connectivity index (χ1n) is 9.99. The lowest BCUT2D eigenvalue weighted by molar-refractivity contribution is -0.129. The molecule has 4 rings (SSSR count). The highest BCUT2D eigenvalue weighted by atomic mass is 32.2. The summed E-state index contributed by atoms with van der Waals surface area (Å²) in [6.45, 7) is 6.56. The fourth-order valence-electron chi connectivity index (χ4n) is 3.69. The van der Waals surface area contributed by atoms with Crippen LogP contribution in [0.1, 0.15) is 36.8 Å². The molecule has 29 heavy (non-hydrogen) atoms. The van der Waals surface area contributed by atoms with Gasteiger partial charge in [-0.2, -0.15) is 5.10 Å². The van der Waals surface area contributed by atoms with E-state index in [1.807, 2.05) is 36.3 Å². The molecule has 1 aliphatic heterocycles. The fourth-order valence-corrected chi connectivity index (χ4v) is 5.27. The Morgan fingerprint density at radius 1 is 1.28 bits per heavy atom. The molecule has 0 aliphatic carbocycles. The SMILES string of the molecule is CCn1nc(C)c2nc(SCC(=O)N3CCCCC3)n(Cc3cccs3)c(=O)c21. The van der Waals surface area contributed by atoms with E-state index < -0.39 is 0 Å². The number of carbonyl (C=O) groups excluding carboxylic acids is 1. The van der Waals surface area contributed by atoms with E-state index in [0.717, 1.165) is 36.5 Å². The number of carbonyl (C=O) groups is 1. The lowest BCUT2D eigenvalue weighted by atomic mass is 10.1. The van der Waals surface area contributed by atoms with Crippen molar-refractivity contribution in [2.75, 3.05) is 18.8 Å². The van der Waals surface area contributed by atoms with Crippen LogP contribution < -0.4 is 5.56 Å². The summed E-state index contributed by atoms with van der Waals surface area (Å²) < 4.78 is 3.41. The zero-order chi connectivity index (χ0) is 20.4. The zero-order valence-corrected chi connectivity index (χ0v) is 18.4. The summed E-state index contributed by atoms with van der Waals surface area (Å²) in [6.07, 6.45) is 3.33. The molecule has 1 saturated heterocycles. The van der Waals surface area contributed by atoms with Crippen LogP contribution in [0.25, 0.3) is 11.0 Å². The Bertz CT molecular complexity index is 1060. The van der Waals surface area contributed by atoms with Crippen LogP contribution in [0.4, 0.5) is 0 Å². The van der Waals surface area contributed by atoms with Crippen molar-refractivity contribution in [1.29, 1.82) is 0 Å². The predicted molar refractivity (Wildman–Crippen MR) is 117 cm³/mol. The van der Waals surface area contributed by atoms with Gasteiger partial charge in [-0.3, -0.25) is 18.8 Å². The van der Waals surface area contributed by atoms with Crippen molar-refractivity contribution in [1.82, 2.24) is 24.2 Å². The van der Waals surface area contributed by atoms with Crippen LogP contribution in [0, 0.1) is 6.92 Å². The summed E-state index contributed by atoms with van der Waals surface area (Å²) >= 11 is 2.96. The van der Waals surface area contributed by atoms with E-state index in [4.69, 9.17) is 4.98 Å². The standard InChI is InChI=1S/C20H25N5O2S2/c1-3-25-18-17(14(2)22-25)21-20(24(19(18)27)12-15-8-7-11-28-15)29-13-16(26)23-9-5-4-6-10-23/h7-8,11H,3-6,9-10,12-13H2,1-2H3. The maximum Gasteiger partial charge on any atom is 0.280 e. The molecule has 7 nitrogen and oxygen atoms in total. The van der Waals surface area contributed by atoms with E-state index in [-0.39, 0.29) is 11.5 Å². The lowest BCUT2D eigenvalue weighted by Crippen LogP contribution is -2.37. The third-order valence-electron chi connectivity index (χ3n) is 5.21. The van der Waals surface area contributed by atoms with Gasteiger partial charge >= 0.3 is 0 Å². The summed E-state index contributed by atoms with van der Waals surface area (Å²) in [4.78, 5) is 33.8. The summed E-state index contributed by atoms with van der Waals surface area (Å²) in [7, 11) is 0. The highest BCUT2D eigenvalue weighted by molar-refractivity contribution is 7.99. The summed E-state index contributed by atoms with van der Waals surface area (Å²) in [5.41, 5.74) is 1.81. The summed E-state index contributed by atoms with van der Waals surface area (Å²) in [5.74, 6) is 0.413. The smallest absolute Gasteiger partial charge is 0.280 e. The highest BCUT2D eigenvalue weighted by Crippen LogP contribution is 2.23. The number of rotatable bonds is 6. The van der Waals surface area contributed by atoms with E-state index >= 15 is 0 Å². The van der Waals surface area contributed by atoms with E-state index in [9.17, 15) is 9.59 Å². The second-order valence-corrected chi connectivity index (χ2v) is 9.17. The van der Waals surface area contributed by atoms with Crippen LogP contribution in [-0.2, 0) is 17.9 Å². The molecule has 0 unspecified atom stereocenters. The molecule has 4 heterocycles. The van der Waals surface area contributed by atoms with E-state index in [2.05, 4.69) is 5.10 Å². The second kappa shape index (κ2) is 8.71. The topological polar surface area (TPSA) is 73.0 Å². The average Bonchev–Trinajstić information content (AvgIpc) is 3.37. The van der Waals surface area contributed by atoms with Gasteiger partial charge in [0.15, 0.2) is 10.7 Å². The van der Waals surface area contributed by atoms with Crippen molar-refractivity contribution in [3.8, 4) is 0 Å². The van der Waals surface area contributed by atoms with Crippen molar-refractivity contribution >= 4 is 40.0 Å². The molecule has 0 radical (unpaired) electrons. The zero-order valence-electron chi connectivity index (χ0n) is 16.8. The molecule has 3 aromatic rings. The Hall–Kier alpha value is -2.13. The molecule has 1 aliphatic rings. The number of nitrogens with zero attached hydrogens (tertiary/aromatic N) is 5. The maximum atomic E-state index is 13.4. The van der Waals surface area contributed by atoms with Crippen molar-refractivity contribution in [3.63, 3.8) is 0 Å². The number of amides is 1. The largest absolute Gasteiger partial charge is 0.342 e. The normalized spacial score (nSPS) is 14.6. The molecule has 3 aromatic heterocycles. The first-order valence-corrected chi connectivity index (χ1v) is 11.9. The molecular weight excluding hydrogens is 406 g/mol. The molecule has 0 N–H and O–H groups in total. The van der Waals surface area contributed by atoms with Crippen LogP contribution in [0.15, 0.2) is 27.5 Å². The monoisotopic (exact) mass is 431 g/mol. The van der Waals surface area contributed by atoms with Gasteiger partial charge in [-0.05, 0) is 44.6 Å². The van der Waals surface area contributed by atoms with Crippen LogP contribution >= 0.6 is 23.1 Å². The molecule has 0 atom stereocenters. The first kappa shape index (κ1) is 20.2. The Labute approximate surface area is 177 Å². The Morgan fingerprint density at radius 2 is 2.07 bits per heavy atom. The van der Waals surface area contributed by atoms with Crippen LogP contribution in [0.2, 0.25) is 0 Å². The van der Waals surface area contributed by atoms with Gasteiger partial charge in [0.2, 0.25) is 5.91 Å². The van der Waals surface area contributed by atoms with Gasteiger partial charge in [0.25, 0.3) is 5.56 Å². The number of aromatic nitrogens is 4. The van der Waals surface area contributed by atoms with Crippen LogP contribution in [0.3, 0.4) is 0 Å². The Morgan fingerprint density at radius 3 is 2.76 bits per heavy atom. The molecule has 0 aromatic carbocycles.